The molecule has 0 heterocycles. The molecule has 0 bridgehead atoms. The number of carbonyl (C=O) groups excluding carboxylic acids is 1. The lowest BCUT2D eigenvalue weighted by atomic mass is 10.0. The summed E-state index contributed by atoms with van der Waals surface area (Å²) in [5.41, 5.74) is 0.492. The van der Waals surface area contributed by atoms with Gasteiger partial charge in [0, 0.05) is 11.6 Å². The van der Waals surface area contributed by atoms with Crippen LogP contribution in [0.2, 0.25) is 0 Å². The highest BCUT2D eigenvalue weighted by molar-refractivity contribution is 5.86. The molecule has 0 amide bonds. The van der Waals surface area contributed by atoms with Gasteiger partial charge in [0.2, 0.25) is 0 Å². The van der Waals surface area contributed by atoms with E-state index in [0.717, 1.165) is 6.42 Å². The van der Waals surface area contributed by atoms with E-state index in [1.165, 1.54) is 102 Å². The molecule has 0 aliphatic carbocycles. The normalized spacial score (nSPS) is 9.75. The third-order valence-corrected chi connectivity index (χ3v) is 4.67. The van der Waals surface area contributed by atoms with Crippen LogP contribution in [0.4, 0.5) is 0 Å². The monoisotopic (exact) mass is 391 g/mol. The molecule has 0 aromatic carbocycles. The minimum Gasteiger partial charge on any atom is -0.462 e. The maximum Gasteiger partial charge on any atom is 0.333 e. The molecule has 3 nitrogen and oxygen atoms in total. The lowest BCUT2D eigenvalue weighted by Gasteiger charge is -2.05. The van der Waals surface area contributed by atoms with E-state index in [4.69, 9.17) is 10.00 Å². The van der Waals surface area contributed by atoms with E-state index in [2.05, 4.69) is 20.1 Å². The van der Waals surface area contributed by atoms with Gasteiger partial charge in [-0.25, -0.2) is 4.79 Å². The largest absolute Gasteiger partial charge is 0.462 e. The lowest BCUT2D eigenvalue weighted by Crippen LogP contribution is -2.05. The first-order valence-electron chi connectivity index (χ1n) is 11.4. The Morgan fingerprint density at radius 3 is 1.43 bits per heavy atom. The number of allylic oxidation sites excluding steroid dienone is 1. The fourth-order valence-electron chi connectivity index (χ4n) is 2.94. The fourth-order valence-corrected chi connectivity index (χ4v) is 2.94. The van der Waals surface area contributed by atoms with Crippen LogP contribution in [0.25, 0.3) is 0 Å². The van der Waals surface area contributed by atoms with E-state index < -0.39 is 0 Å². The van der Waals surface area contributed by atoms with Crippen molar-refractivity contribution in [3.05, 3.63) is 24.8 Å². The Morgan fingerprint density at radius 1 is 0.821 bits per heavy atom. The number of hydrogen-bond acceptors (Lipinski definition) is 3. The second kappa shape index (κ2) is 25.4. The molecule has 0 spiro atoms. The molecule has 28 heavy (non-hydrogen) atoms. The lowest BCUT2D eigenvalue weighted by molar-refractivity contribution is -0.139. The van der Waals surface area contributed by atoms with Crippen LogP contribution in [0, 0.1) is 11.3 Å². The summed E-state index contributed by atoms with van der Waals surface area (Å²) in [6.45, 7) is 11.2. The van der Waals surface area contributed by atoms with Gasteiger partial charge in [-0.05, 0) is 13.3 Å². The van der Waals surface area contributed by atoms with Crippen molar-refractivity contribution in [3.8, 4) is 6.07 Å². The number of rotatable bonds is 18. The third kappa shape index (κ3) is 26.7. The summed E-state index contributed by atoms with van der Waals surface area (Å²) >= 11 is 0. The van der Waals surface area contributed by atoms with Crippen molar-refractivity contribution in [2.45, 2.75) is 117 Å². The summed E-state index contributed by atoms with van der Waals surface area (Å²) in [4.78, 5) is 11.2. The Hall–Kier alpha value is -1.56. The van der Waals surface area contributed by atoms with Crippen LogP contribution in [0.5, 0.6) is 0 Å². The Labute approximate surface area is 175 Å². The van der Waals surface area contributed by atoms with Gasteiger partial charge in [0.1, 0.15) is 0 Å². The van der Waals surface area contributed by atoms with E-state index in [-0.39, 0.29) is 5.97 Å². The Bertz CT molecular complexity index is 409. The predicted molar refractivity (Wildman–Crippen MR) is 121 cm³/mol. The van der Waals surface area contributed by atoms with Crippen LogP contribution in [-0.4, -0.2) is 12.6 Å². The molecule has 0 aromatic rings. The molecule has 162 valence electrons. The van der Waals surface area contributed by atoms with E-state index in [9.17, 15) is 4.79 Å². The average Bonchev–Trinajstić information content (AvgIpc) is 2.70. The summed E-state index contributed by atoms with van der Waals surface area (Å²) < 4.78 is 5.08. The molecule has 0 aliphatic heterocycles. The maximum absolute atomic E-state index is 11.2. The van der Waals surface area contributed by atoms with Crippen molar-refractivity contribution in [3.63, 3.8) is 0 Å². The van der Waals surface area contributed by atoms with Gasteiger partial charge < -0.3 is 4.74 Å². The number of esters is 1. The average molecular weight is 392 g/mol. The summed E-state index contributed by atoms with van der Waals surface area (Å²) in [5, 5.41) is 7.51. The molecule has 0 atom stereocenters. The van der Waals surface area contributed by atoms with Gasteiger partial charge in [-0.2, -0.15) is 5.26 Å². The van der Waals surface area contributed by atoms with Crippen LogP contribution in [-0.2, 0) is 9.53 Å². The van der Waals surface area contributed by atoms with Crippen LogP contribution >= 0.6 is 0 Å². The molecular weight excluding hydrogens is 346 g/mol. The predicted octanol–water partition coefficient (Wildman–Crippen LogP) is 8.06. The second-order valence-corrected chi connectivity index (χ2v) is 7.55. The quantitative estimate of drug-likeness (QED) is 0.103. The Balaban J connectivity index is 0. The van der Waals surface area contributed by atoms with Gasteiger partial charge in [-0.3, -0.25) is 0 Å². The highest BCUT2D eigenvalue weighted by Gasteiger charge is 2.01. The number of unbranched alkanes of at least 4 members (excludes halogenated alkanes) is 15. The highest BCUT2D eigenvalue weighted by Crippen LogP contribution is 2.13. The van der Waals surface area contributed by atoms with Gasteiger partial charge in [0.25, 0.3) is 0 Å². The summed E-state index contributed by atoms with van der Waals surface area (Å²) in [5.74, 6) is -0.254. The molecule has 0 fully saturated rings. The molecule has 0 unspecified atom stereocenters. The number of carbonyl (C=O) groups is 1. The summed E-state index contributed by atoms with van der Waals surface area (Å²) in [6, 6.07) is 1.69. The minimum atomic E-state index is -0.254. The number of nitrogens with zero attached hydrogens (tertiary/aromatic N) is 1. The fraction of sp³-hybridized carbons (Fsp3) is 0.760. The summed E-state index contributed by atoms with van der Waals surface area (Å²) in [7, 11) is 0. The van der Waals surface area contributed by atoms with Gasteiger partial charge in [-0.1, -0.05) is 116 Å². The minimum absolute atomic E-state index is 0.254. The number of nitriles is 1. The SMILES string of the molecule is C=C(C)C(=O)OCCCCCCCCCCCCCCCCCC.C=CC#N. The van der Waals surface area contributed by atoms with E-state index in [0.29, 0.717) is 12.2 Å². The van der Waals surface area contributed by atoms with Crippen molar-refractivity contribution < 1.29 is 9.53 Å². The number of hydrogen-bond donors (Lipinski definition) is 0. The van der Waals surface area contributed by atoms with Crippen LogP contribution in [0.15, 0.2) is 24.8 Å². The molecule has 0 N–H and O–H groups in total. The van der Waals surface area contributed by atoms with Crippen LogP contribution in [0.1, 0.15) is 117 Å². The third-order valence-electron chi connectivity index (χ3n) is 4.67. The van der Waals surface area contributed by atoms with Crippen LogP contribution in [0.3, 0.4) is 0 Å². The molecule has 0 rings (SSSR count). The first-order valence-corrected chi connectivity index (χ1v) is 11.4. The number of ether oxygens (including phenoxy) is 1. The standard InChI is InChI=1S/C22H42O2.C3H3N/c1-4-5-6-7-8-9-10-11-12-13-14-15-16-17-18-19-20-24-22(23)21(2)3;1-2-3-4/h2,4-20H2,1,3H3;2H,1H2. The molecule has 0 aliphatic rings. The zero-order valence-electron chi connectivity index (χ0n) is 18.8. The zero-order valence-corrected chi connectivity index (χ0v) is 18.8. The summed E-state index contributed by atoms with van der Waals surface area (Å²) in [6.07, 6.45) is 22.9. The molecular formula is C25H45NO2. The molecule has 0 aromatic heterocycles. The highest BCUT2D eigenvalue weighted by atomic mass is 16.5. The molecule has 3 heteroatoms. The topological polar surface area (TPSA) is 50.1 Å². The first kappa shape index (κ1) is 28.6. The van der Waals surface area contributed by atoms with Crippen molar-refractivity contribution in [2.24, 2.45) is 0 Å². The van der Waals surface area contributed by atoms with Crippen molar-refractivity contribution >= 4 is 5.97 Å². The second-order valence-electron chi connectivity index (χ2n) is 7.55. The van der Waals surface area contributed by atoms with Gasteiger partial charge in [-0.15, -0.1) is 0 Å². The van der Waals surface area contributed by atoms with E-state index >= 15 is 0 Å². The Morgan fingerprint density at radius 2 is 1.14 bits per heavy atom. The Kier molecular flexibility index (Phi) is 26.0. The van der Waals surface area contributed by atoms with Gasteiger partial charge >= 0.3 is 5.97 Å². The van der Waals surface area contributed by atoms with E-state index in [1.807, 2.05) is 0 Å². The van der Waals surface area contributed by atoms with Crippen molar-refractivity contribution in [2.75, 3.05) is 6.61 Å². The van der Waals surface area contributed by atoms with Crippen molar-refractivity contribution in [1.82, 2.24) is 0 Å². The van der Waals surface area contributed by atoms with Crippen molar-refractivity contribution in [1.29, 1.82) is 5.26 Å². The van der Waals surface area contributed by atoms with Gasteiger partial charge in [0.15, 0.2) is 0 Å². The smallest absolute Gasteiger partial charge is 0.333 e. The zero-order chi connectivity index (χ0) is 21.3. The van der Waals surface area contributed by atoms with Gasteiger partial charge in [0.05, 0.1) is 12.7 Å². The van der Waals surface area contributed by atoms with E-state index in [1.54, 1.807) is 13.0 Å². The maximum atomic E-state index is 11.2. The molecule has 0 radical (unpaired) electrons. The van der Waals surface area contributed by atoms with Crippen LogP contribution < -0.4 is 0 Å². The molecule has 0 saturated carbocycles. The molecule has 0 saturated heterocycles. The first-order chi connectivity index (χ1) is 13.6.